The zero-order valence-electron chi connectivity index (χ0n) is 14.9. The molecule has 0 unspecified atom stereocenters. The summed E-state index contributed by atoms with van der Waals surface area (Å²) in [6.45, 7) is 6.40. The van der Waals surface area contributed by atoms with Gasteiger partial charge in [-0.05, 0) is 25.3 Å². The second-order valence-electron chi connectivity index (χ2n) is 5.83. The summed E-state index contributed by atoms with van der Waals surface area (Å²) >= 11 is 0. The van der Waals surface area contributed by atoms with Gasteiger partial charge in [0.05, 0.1) is 11.5 Å². The van der Waals surface area contributed by atoms with Crippen LogP contribution in [-0.2, 0) is 15.6 Å². The van der Waals surface area contributed by atoms with Gasteiger partial charge in [-0.1, -0.05) is 50.1 Å². The van der Waals surface area contributed by atoms with Crippen molar-refractivity contribution in [1.82, 2.24) is 10.6 Å². The predicted molar refractivity (Wildman–Crippen MR) is 102 cm³/mol. The molecule has 0 saturated carbocycles. The standard InChI is InChI=1S/C18H31N3O2S/c1-3-5-9-13-20-18(19-4-2)21-14-10-15-24(22,23)16-17-11-7-6-8-12-17/h6-8,11-12H,3-5,9-10,13-16H2,1-2H3,(H2,19,20,21). The van der Waals surface area contributed by atoms with E-state index >= 15 is 0 Å². The fourth-order valence-corrected chi connectivity index (χ4v) is 3.71. The Morgan fingerprint density at radius 3 is 2.46 bits per heavy atom. The van der Waals surface area contributed by atoms with Gasteiger partial charge in [0.15, 0.2) is 15.8 Å². The molecule has 6 heteroatoms. The van der Waals surface area contributed by atoms with Gasteiger partial charge >= 0.3 is 0 Å². The molecule has 1 aromatic carbocycles. The lowest BCUT2D eigenvalue weighted by molar-refractivity contribution is 0.592. The lowest BCUT2D eigenvalue weighted by Gasteiger charge is -2.11. The van der Waals surface area contributed by atoms with Gasteiger partial charge in [-0.25, -0.2) is 8.42 Å². The van der Waals surface area contributed by atoms with Gasteiger partial charge in [-0.2, -0.15) is 0 Å². The molecule has 0 aliphatic rings. The van der Waals surface area contributed by atoms with Crippen LogP contribution in [0.5, 0.6) is 0 Å². The highest BCUT2D eigenvalue weighted by atomic mass is 32.2. The molecule has 0 radical (unpaired) electrons. The number of unbranched alkanes of at least 4 members (excludes halogenated alkanes) is 2. The third-order valence-corrected chi connectivity index (χ3v) is 5.21. The molecule has 0 atom stereocenters. The number of benzene rings is 1. The van der Waals surface area contributed by atoms with Crippen LogP contribution in [0.25, 0.3) is 0 Å². The van der Waals surface area contributed by atoms with Gasteiger partial charge in [0.1, 0.15) is 0 Å². The highest BCUT2D eigenvalue weighted by molar-refractivity contribution is 7.90. The fourth-order valence-electron chi connectivity index (χ4n) is 2.30. The minimum atomic E-state index is -3.08. The molecule has 0 aliphatic heterocycles. The summed E-state index contributed by atoms with van der Waals surface area (Å²) < 4.78 is 24.3. The molecule has 0 saturated heterocycles. The number of nitrogens with one attached hydrogen (secondary N) is 2. The number of hydrogen-bond donors (Lipinski definition) is 2. The minimum Gasteiger partial charge on any atom is -0.357 e. The number of guanidine groups is 1. The van der Waals surface area contributed by atoms with E-state index in [0.29, 0.717) is 13.0 Å². The molecule has 2 N–H and O–H groups in total. The molecule has 24 heavy (non-hydrogen) atoms. The molecule has 0 bridgehead atoms. The fraction of sp³-hybridized carbons (Fsp3) is 0.611. The Labute approximate surface area is 146 Å². The van der Waals surface area contributed by atoms with E-state index in [2.05, 4.69) is 22.5 Å². The van der Waals surface area contributed by atoms with Crippen LogP contribution in [0.4, 0.5) is 0 Å². The van der Waals surface area contributed by atoms with Crippen LogP contribution in [0, 0.1) is 0 Å². The number of rotatable bonds is 11. The quantitative estimate of drug-likeness (QED) is 0.365. The number of aliphatic imine (C=N–C) groups is 1. The number of nitrogens with zero attached hydrogens (tertiary/aromatic N) is 1. The highest BCUT2D eigenvalue weighted by Crippen LogP contribution is 2.07. The average molecular weight is 354 g/mol. The minimum absolute atomic E-state index is 0.104. The Hall–Kier alpha value is -1.56. The van der Waals surface area contributed by atoms with Crippen LogP contribution < -0.4 is 10.6 Å². The monoisotopic (exact) mass is 353 g/mol. The maximum atomic E-state index is 12.1. The van der Waals surface area contributed by atoms with Crippen molar-refractivity contribution in [3.05, 3.63) is 35.9 Å². The second-order valence-corrected chi connectivity index (χ2v) is 8.01. The number of sulfone groups is 1. The van der Waals surface area contributed by atoms with Gasteiger partial charge in [0.2, 0.25) is 0 Å². The van der Waals surface area contributed by atoms with Gasteiger partial charge in [-0.15, -0.1) is 0 Å². The van der Waals surface area contributed by atoms with Crippen molar-refractivity contribution in [1.29, 1.82) is 0 Å². The summed E-state index contributed by atoms with van der Waals surface area (Å²) in [6, 6.07) is 9.31. The molecule has 0 heterocycles. The Morgan fingerprint density at radius 2 is 1.79 bits per heavy atom. The van der Waals surface area contributed by atoms with E-state index in [4.69, 9.17) is 0 Å². The zero-order chi connectivity index (χ0) is 17.7. The van der Waals surface area contributed by atoms with Gasteiger partial charge in [0, 0.05) is 19.6 Å². The van der Waals surface area contributed by atoms with E-state index in [1.165, 1.54) is 12.8 Å². The molecule has 5 nitrogen and oxygen atoms in total. The van der Waals surface area contributed by atoms with Crippen LogP contribution >= 0.6 is 0 Å². The van der Waals surface area contributed by atoms with Crippen LogP contribution in [0.3, 0.4) is 0 Å². The highest BCUT2D eigenvalue weighted by Gasteiger charge is 2.11. The Kier molecular flexibility index (Phi) is 10.2. The van der Waals surface area contributed by atoms with Crippen molar-refractivity contribution in [3.8, 4) is 0 Å². The maximum Gasteiger partial charge on any atom is 0.191 e. The van der Waals surface area contributed by atoms with Crippen LogP contribution in [0.1, 0.15) is 45.1 Å². The molecular formula is C18H31N3O2S. The molecule has 1 aromatic rings. The largest absolute Gasteiger partial charge is 0.357 e. The van der Waals surface area contributed by atoms with E-state index < -0.39 is 9.84 Å². The third-order valence-electron chi connectivity index (χ3n) is 3.53. The van der Waals surface area contributed by atoms with E-state index in [1.54, 1.807) is 0 Å². The molecule has 136 valence electrons. The van der Waals surface area contributed by atoms with Crippen molar-refractivity contribution in [3.63, 3.8) is 0 Å². The summed E-state index contributed by atoms with van der Waals surface area (Å²) in [5.74, 6) is 1.04. The second kappa shape index (κ2) is 11.9. The van der Waals surface area contributed by atoms with E-state index in [-0.39, 0.29) is 11.5 Å². The lowest BCUT2D eigenvalue weighted by atomic mass is 10.2. The molecule has 0 spiro atoms. The smallest absolute Gasteiger partial charge is 0.191 e. The van der Waals surface area contributed by atoms with Crippen LogP contribution in [-0.4, -0.2) is 39.8 Å². The Balaban J connectivity index is 2.36. The predicted octanol–water partition coefficient (Wildman–Crippen LogP) is 2.74. The Bertz CT molecular complexity index is 571. The summed E-state index contributed by atoms with van der Waals surface area (Å²) in [5, 5.41) is 6.47. The summed E-state index contributed by atoms with van der Waals surface area (Å²) in [6.07, 6.45) is 4.05. The third kappa shape index (κ3) is 9.55. The molecule has 0 amide bonds. The summed E-state index contributed by atoms with van der Waals surface area (Å²) in [5.41, 5.74) is 0.840. The Morgan fingerprint density at radius 1 is 1.04 bits per heavy atom. The van der Waals surface area contributed by atoms with Crippen molar-refractivity contribution in [2.45, 2.75) is 45.3 Å². The zero-order valence-corrected chi connectivity index (χ0v) is 15.7. The average Bonchev–Trinajstić information content (AvgIpc) is 2.56. The van der Waals surface area contributed by atoms with E-state index in [1.807, 2.05) is 37.3 Å². The van der Waals surface area contributed by atoms with E-state index in [0.717, 1.165) is 31.0 Å². The molecule has 0 aliphatic carbocycles. The first-order chi connectivity index (χ1) is 11.6. The first-order valence-electron chi connectivity index (χ1n) is 8.84. The van der Waals surface area contributed by atoms with Crippen molar-refractivity contribution in [2.75, 3.05) is 25.4 Å². The SMILES string of the molecule is CCCCCNC(=NCCCS(=O)(=O)Cc1ccccc1)NCC. The van der Waals surface area contributed by atoms with E-state index in [9.17, 15) is 8.42 Å². The van der Waals surface area contributed by atoms with Crippen molar-refractivity contribution >= 4 is 15.8 Å². The van der Waals surface area contributed by atoms with Crippen LogP contribution in [0.15, 0.2) is 35.3 Å². The maximum absolute atomic E-state index is 12.1. The first-order valence-corrected chi connectivity index (χ1v) is 10.7. The summed E-state index contributed by atoms with van der Waals surface area (Å²) in [7, 11) is -3.08. The summed E-state index contributed by atoms with van der Waals surface area (Å²) in [4.78, 5) is 4.45. The van der Waals surface area contributed by atoms with Crippen molar-refractivity contribution in [2.24, 2.45) is 4.99 Å². The normalized spacial score (nSPS) is 12.2. The molecular weight excluding hydrogens is 322 g/mol. The molecule has 1 rings (SSSR count). The topological polar surface area (TPSA) is 70.6 Å². The molecule has 0 fully saturated rings. The first kappa shape index (κ1) is 20.5. The van der Waals surface area contributed by atoms with Gasteiger partial charge in [-0.3, -0.25) is 4.99 Å². The van der Waals surface area contributed by atoms with Gasteiger partial charge in [0.25, 0.3) is 0 Å². The number of hydrogen-bond acceptors (Lipinski definition) is 3. The van der Waals surface area contributed by atoms with Crippen molar-refractivity contribution < 1.29 is 8.42 Å². The van der Waals surface area contributed by atoms with Crippen LogP contribution in [0.2, 0.25) is 0 Å². The lowest BCUT2D eigenvalue weighted by Crippen LogP contribution is -2.37. The molecule has 0 aromatic heterocycles. The van der Waals surface area contributed by atoms with Gasteiger partial charge < -0.3 is 10.6 Å².